The number of fused-ring (bicyclic) bond motifs is 3. The van der Waals surface area contributed by atoms with E-state index in [0.29, 0.717) is 0 Å². The molecule has 6 aromatic carbocycles. The van der Waals surface area contributed by atoms with Crippen molar-refractivity contribution in [3.8, 4) is 22.3 Å². The Bertz CT molecular complexity index is 1770. The van der Waals surface area contributed by atoms with Crippen LogP contribution in [0.5, 0.6) is 0 Å². The molecule has 0 atom stereocenters. The van der Waals surface area contributed by atoms with Crippen molar-refractivity contribution >= 4 is 38.0 Å². The summed E-state index contributed by atoms with van der Waals surface area (Å²) >= 11 is 0. The fourth-order valence-corrected chi connectivity index (χ4v) is 5.73. The summed E-state index contributed by atoms with van der Waals surface area (Å²) in [4.78, 5) is 0. The predicted octanol–water partition coefficient (Wildman–Crippen LogP) is 8.98. The van der Waals surface area contributed by atoms with Gasteiger partial charge < -0.3 is 5.32 Å². The molecule has 7 rings (SSSR count). The molecule has 0 aromatic heterocycles. The normalized spacial score (nSPS) is 13.2. The monoisotopic (exact) mass is 459 g/mol. The minimum atomic E-state index is 0.859. The van der Waals surface area contributed by atoms with Crippen LogP contribution in [0.25, 0.3) is 60.3 Å². The molecule has 1 aliphatic rings. The Hall–Kier alpha value is -4.62. The lowest BCUT2D eigenvalue weighted by atomic mass is 9.84. The van der Waals surface area contributed by atoms with Crippen LogP contribution in [0.3, 0.4) is 0 Å². The van der Waals surface area contributed by atoms with Crippen LogP contribution < -0.4 is 5.32 Å². The molecule has 0 aliphatic carbocycles. The number of benzene rings is 6. The van der Waals surface area contributed by atoms with Gasteiger partial charge in [-0.25, -0.2) is 0 Å². The predicted molar refractivity (Wildman–Crippen MR) is 155 cm³/mol. The Balaban J connectivity index is 1.61. The summed E-state index contributed by atoms with van der Waals surface area (Å²) in [5, 5.41) is 11.2. The molecule has 170 valence electrons. The van der Waals surface area contributed by atoms with E-state index in [0.717, 1.165) is 6.54 Å². The Labute approximate surface area is 211 Å². The second-order valence-electron chi connectivity index (χ2n) is 9.30. The van der Waals surface area contributed by atoms with E-state index in [1.165, 1.54) is 65.8 Å². The van der Waals surface area contributed by atoms with Crippen molar-refractivity contribution < 1.29 is 0 Å². The van der Waals surface area contributed by atoms with Gasteiger partial charge in [-0.1, -0.05) is 127 Å². The standard InChI is InChI=1S/C35H25N/c1-2-12-24(13-3-1)34-28-16-6-8-18-30(28)35(31-19-9-7-17-29(31)34)32-22-21-27(33-20-10-11-23-36-33)25-14-4-5-15-26(25)32/h1-22,36H,23H2. The van der Waals surface area contributed by atoms with Gasteiger partial charge in [-0.05, 0) is 60.6 Å². The Morgan fingerprint density at radius 3 is 1.53 bits per heavy atom. The zero-order valence-electron chi connectivity index (χ0n) is 19.9. The van der Waals surface area contributed by atoms with Gasteiger partial charge in [-0.15, -0.1) is 0 Å². The number of rotatable bonds is 3. The van der Waals surface area contributed by atoms with Gasteiger partial charge >= 0.3 is 0 Å². The third-order valence-electron chi connectivity index (χ3n) is 7.29. The van der Waals surface area contributed by atoms with Crippen molar-refractivity contribution in [1.29, 1.82) is 0 Å². The van der Waals surface area contributed by atoms with Crippen molar-refractivity contribution in [1.82, 2.24) is 5.32 Å². The molecule has 1 nitrogen and oxygen atoms in total. The lowest BCUT2D eigenvalue weighted by molar-refractivity contribution is 0.998. The highest BCUT2D eigenvalue weighted by molar-refractivity contribution is 6.23. The number of hydrogen-bond acceptors (Lipinski definition) is 1. The molecule has 0 amide bonds. The lowest BCUT2D eigenvalue weighted by Gasteiger charge is -2.20. The molecule has 0 fully saturated rings. The summed E-state index contributed by atoms with van der Waals surface area (Å²) in [6.45, 7) is 0.859. The van der Waals surface area contributed by atoms with E-state index < -0.39 is 0 Å². The summed E-state index contributed by atoms with van der Waals surface area (Å²) in [5.74, 6) is 0. The van der Waals surface area contributed by atoms with E-state index in [9.17, 15) is 0 Å². The highest BCUT2D eigenvalue weighted by atomic mass is 14.9. The van der Waals surface area contributed by atoms with E-state index in [-0.39, 0.29) is 0 Å². The maximum atomic E-state index is 3.55. The minimum absolute atomic E-state index is 0.859. The quantitative estimate of drug-likeness (QED) is 0.260. The van der Waals surface area contributed by atoms with Crippen molar-refractivity contribution in [2.24, 2.45) is 0 Å². The molecule has 0 saturated carbocycles. The lowest BCUT2D eigenvalue weighted by Crippen LogP contribution is -2.14. The summed E-state index contributed by atoms with van der Waals surface area (Å²) in [5.41, 5.74) is 7.54. The Morgan fingerprint density at radius 1 is 0.444 bits per heavy atom. The first kappa shape index (κ1) is 20.7. The van der Waals surface area contributed by atoms with Crippen LogP contribution in [0.15, 0.2) is 133 Å². The van der Waals surface area contributed by atoms with Gasteiger partial charge in [0.05, 0.1) is 0 Å². The maximum Gasteiger partial charge on any atom is 0.0422 e. The Morgan fingerprint density at radius 2 is 0.944 bits per heavy atom. The third kappa shape index (κ3) is 3.25. The van der Waals surface area contributed by atoms with Crippen LogP contribution in [0.2, 0.25) is 0 Å². The van der Waals surface area contributed by atoms with Crippen molar-refractivity contribution in [2.45, 2.75) is 0 Å². The topological polar surface area (TPSA) is 12.0 Å². The molecule has 1 N–H and O–H groups in total. The molecule has 36 heavy (non-hydrogen) atoms. The highest BCUT2D eigenvalue weighted by Gasteiger charge is 2.19. The van der Waals surface area contributed by atoms with Crippen LogP contribution in [0.1, 0.15) is 5.56 Å². The van der Waals surface area contributed by atoms with E-state index >= 15 is 0 Å². The summed E-state index contributed by atoms with van der Waals surface area (Å²) in [6.07, 6.45) is 6.45. The second kappa shape index (κ2) is 8.55. The molecule has 0 spiro atoms. The van der Waals surface area contributed by atoms with Gasteiger partial charge in [0, 0.05) is 17.8 Å². The first-order valence-electron chi connectivity index (χ1n) is 12.5. The van der Waals surface area contributed by atoms with E-state index in [1.807, 2.05) is 0 Å². The highest BCUT2D eigenvalue weighted by Crippen LogP contribution is 2.45. The minimum Gasteiger partial charge on any atom is -0.381 e. The van der Waals surface area contributed by atoms with Crippen molar-refractivity contribution in [3.05, 3.63) is 139 Å². The molecule has 1 heterocycles. The number of dihydropyridines is 1. The summed E-state index contributed by atoms with van der Waals surface area (Å²) in [7, 11) is 0. The van der Waals surface area contributed by atoms with E-state index in [2.05, 4.69) is 139 Å². The molecule has 0 bridgehead atoms. The van der Waals surface area contributed by atoms with E-state index in [4.69, 9.17) is 0 Å². The fourth-order valence-electron chi connectivity index (χ4n) is 5.73. The molecule has 0 unspecified atom stereocenters. The van der Waals surface area contributed by atoms with Gasteiger partial charge in [0.2, 0.25) is 0 Å². The summed E-state index contributed by atoms with van der Waals surface area (Å²) in [6, 6.07) is 41.9. The molecular formula is C35H25N. The number of allylic oxidation sites excluding steroid dienone is 2. The summed E-state index contributed by atoms with van der Waals surface area (Å²) < 4.78 is 0. The van der Waals surface area contributed by atoms with Gasteiger partial charge in [0.1, 0.15) is 0 Å². The largest absolute Gasteiger partial charge is 0.381 e. The number of hydrogen-bond donors (Lipinski definition) is 1. The SMILES string of the molecule is C1=CCNC(c2ccc(-c3c4ccccc4c(-c4ccccc4)c4ccccc34)c3ccccc23)=C1. The molecule has 0 saturated heterocycles. The molecule has 1 heteroatoms. The zero-order chi connectivity index (χ0) is 23.9. The van der Waals surface area contributed by atoms with Crippen LogP contribution in [-0.2, 0) is 0 Å². The van der Waals surface area contributed by atoms with Gasteiger partial charge in [-0.3, -0.25) is 0 Å². The average molecular weight is 460 g/mol. The molecule has 1 aliphatic heterocycles. The van der Waals surface area contributed by atoms with Crippen LogP contribution >= 0.6 is 0 Å². The molecule has 0 radical (unpaired) electrons. The van der Waals surface area contributed by atoms with Crippen LogP contribution in [0, 0.1) is 0 Å². The molecular weight excluding hydrogens is 434 g/mol. The van der Waals surface area contributed by atoms with E-state index in [1.54, 1.807) is 0 Å². The maximum absolute atomic E-state index is 3.55. The van der Waals surface area contributed by atoms with Gasteiger partial charge in [0.25, 0.3) is 0 Å². The van der Waals surface area contributed by atoms with Crippen LogP contribution in [-0.4, -0.2) is 6.54 Å². The second-order valence-corrected chi connectivity index (χ2v) is 9.30. The van der Waals surface area contributed by atoms with Gasteiger partial charge in [-0.2, -0.15) is 0 Å². The Kier molecular flexibility index (Phi) is 4.92. The first-order valence-corrected chi connectivity index (χ1v) is 12.5. The first-order chi connectivity index (χ1) is 17.9. The zero-order valence-corrected chi connectivity index (χ0v) is 19.9. The fraction of sp³-hybridized carbons (Fsp3) is 0.0286. The smallest absolute Gasteiger partial charge is 0.0422 e. The third-order valence-corrected chi connectivity index (χ3v) is 7.29. The van der Waals surface area contributed by atoms with Crippen molar-refractivity contribution in [3.63, 3.8) is 0 Å². The van der Waals surface area contributed by atoms with Gasteiger partial charge in [0.15, 0.2) is 0 Å². The number of nitrogens with one attached hydrogen (secondary N) is 1. The van der Waals surface area contributed by atoms with Crippen LogP contribution in [0.4, 0.5) is 0 Å². The average Bonchev–Trinajstić information content (AvgIpc) is 2.96. The van der Waals surface area contributed by atoms with Crippen molar-refractivity contribution in [2.75, 3.05) is 6.54 Å². The molecule has 6 aromatic rings.